The van der Waals surface area contributed by atoms with Crippen molar-refractivity contribution in [2.75, 3.05) is 37.6 Å². The van der Waals surface area contributed by atoms with Crippen molar-refractivity contribution in [3.05, 3.63) is 29.8 Å². The van der Waals surface area contributed by atoms with Crippen LogP contribution in [-0.4, -0.2) is 43.7 Å². The van der Waals surface area contributed by atoms with Gasteiger partial charge in [-0.25, -0.2) is 0 Å². The molecule has 2 N–H and O–H groups in total. The Morgan fingerprint density at radius 1 is 1.11 bits per heavy atom. The summed E-state index contributed by atoms with van der Waals surface area (Å²) in [5.74, 6) is 0. The molecule has 1 unspecified atom stereocenters. The third-order valence-electron chi connectivity index (χ3n) is 4.26. The molecule has 0 radical (unpaired) electrons. The molecule has 0 aromatic heterocycles. The normalized spacial score (nSPS) is 18.6. The van der Waals surface area contributed by atoms with Crippen molar-refractivity contribution in [3.8, 4) is 0 Å². The average Bonchev–Trinajstić information content (AvgIpc) is 2.48. The van der Waals surface area contributed by atoms with Gasteiger partial charge in [0.15, 0.2) is 0 Å². The molecule has 1 aliphatic rings. The number of hydrogen-bond donors (Lipinski definition) is 1. The molecular formula is C16H27N3. The molecule has 19 heavy (non-hydrogen) atoms. The fourth-order valence-corrected chi connectivity index (χ4v) is 2.72. The summed E-state index contributed by atoms with van der Waals surface area (Å²) in [6, 6.07) is 9.62. The number of nitrogens with zero attached hydrogens (tertiary/aromatic N) is 2. The van der Waals surface area contributed by atoms with Gasteiger partial charge in [-0.2, -0.15) is 0 Å². The second kappa shape index (κ2) is 6.92. The topological polar surface area (TPSA) is 32.5 Å². The lowest BCUT2D eigenvalue weighted by atomic mass is 10.1. The van der Waals surface area contributed by atoms with Crippen LogP contribution in [0.5, 0.6) is 0 Å². The molecule has 0 saturated carbocycles. The highest BCUT2D eigenvalue weighted by atomic mass is 15.3. The maximum Gasteiger partial charge on any atom is 0.0367 e. The van der Waals surface area contributed by atoms with Crippen LogP contribution >= 0.6 is 0 Å². The van der Waals surface area contributed by atoms with Gasteiger partial charge in [0.25, 0.3) is 0 Å². The number of hydrogen-bond acceptors (Lipinski definition) is 3. The fourth-order valence-electron chi connectivity index (χ4n) is 2.72. The highest BCUT2D eigenvalue weighted by Crippen LogP contribution is 2.18. The summed E-state index contributed by atoms with van der Waals surface area (Å²) >= 11 is 0. The third kappa shape index (κ3) is 3.71. The van der Waals surface area contributed by atoms with Crippen LogP contribution in [0.2, 0.25) is 0 Å². The molecule has 0 spiro atoms. The zero-order valence-corrected chi connectivity index (χ0v) is 12.3. The van der Waals surface area contributed by atoms with Gasteiger partial charge < -0.3 is 10.6 Å². The smallest absolute Gasteiger partial charge is 0.0367 e. The van der Waals surface area contributed by atoms with E-state index in [4.69, 9.17) is 5.73 Å². The first-order valence-corrected chi connectivity index (χ1v) is 7.52. The van der Waals surface area contributed by atoms with E-state index in [1.807, 2.05) is 0 Å². The molecule has 1 heterocycles. The van der Waals surface area contributed by atoms with Gasteiger partial charge in [-0.05, 0) is 44.0 Å². The van der Waals surface area contributed by atoms with Crippen molar-refractivity contribution in [1.29, 1.82) is 0 Å². The van der Waals surface area contributed by atoms with Crippen LogP contribution in [-0.2, 0) is 6.42 Å². The van der Waals surface area contributed by atoms with Crippen LogP contribution in [0.15, 0.2) is 24.3 Å². The lowest BCUT2D eigenvalue weighted by Gasteiger charge is -2.39. The number of nitrogens with two attached hydrogens (primary N) is 1. The average molecular weight is 261 g/mol. The van der Waals surface area contributed by atoms with Crippen LogP contribution in [0, 0.1) is 0 Å². The Balaban J connectivity index is 1.90. The van der Waals surface area contributed by atoms with Gasteiger partial charge in [-0.1, -0.05) is 19.1 Å². The van der Waals surface area contributed by atoms with Gasteiger partial charge in [0.1, 0.15) is 0 Å². The van der Waals surface area contributed by atoms with Crippen molar-refractivity contribution in [3.63, 3.8) is 0 Å². The molecule has 1 fully saturated rings. The Kier molecular flexibility index (Phi) is 5.23. The number of benzene rings is 1. The fraction of sp³-hybridized carbons (Fsp3) is 0.625. The molecular weight excluding hydrogens is 234 g/mol. The van der Waals surface area contributed by atoms with Gasteiger partial charge in [-0.15, -0.1) is 0 Å². The van der Waals surface area contributed by atoms with E-state index in [9.17, 15) is 0 Å². The van der Waals surface area contributed by atoms with Crippen molar-refractivity contribution in [2.24, 2.45) is 5.73 Å². The Morgan fingerprint density at radius 2 is 1.74 bits per heavy atom. The van der Waals surface area contributed by atoms with Crippen LogP contribution < -0.4 is 10.6 Å². The van der Waals surface area contributed by atoms with E-state index in [-0.39, 0.29) is 0 Å². The Morgan fingerprint density at radius 3 is 2.26 bits per heavy atom. The van der Waals surface area contributed by atoms with Crippen molar-refractivity contribution in [2.45, 2.75) is 32.7 Å². The summed E-state index contributed by atoms with van der Waals surface area (Å²) in [6.07, 6.45) is 2.22. The van der Waals surface area contributed by atoms with E-state index < -0.39 is 0 Å². The maximum absolute atomic E-state index is 5.58. The molecule has 1 aliphatic heterocycles. The molecule has 1 aromatic carbocycles. The Hall–Kier alpha value is -1.06. The van der Waals surface area contributed by atoms with E-state index >= 15 is 0 Å². The SMILES string of the molecule is CCC(C)N1CCN(c2ccc(CCN)cc2)CC1. The molecule has 3 heteroatoms. The van der Waals surface area contributed by atoms with Crippen molar-refractivity contribution in [1.82, 2.24) is 4.90 Å². The molecule has 106 valence electrons. The Bertz CT molecular complexity index is 366. The van der Waals surface area contributed by atoms with Crippen LogP contribution in [0.1, 0.15) is 25.8 Å². The first-order chi connectivity index (χ1) is 9.24. The summed E-state index contributed by atoms with van der Waals surface area (Å²) in [6.45, 7) is 9.97. The summed E-state index contributed by atoms with van der Waals surface area (Å²) < 4.78 is 0. The third-order valence-corrected chi connectivity index (χ3v) is 4.26. The minimum Gasteiger partial charge on any atom is -0.369 e. The highest BCUT2D eigenvalue weighted by molar-refractivity contribution is 5.48. The van der Waals surface area contributed by atoms with Gasteiger partial charge in [0.05, 0.1) is 0 Å². The number of anilines is 1. The summed E-state index contributed by atoms with van der Waals surface area (Å²) in [5, 5.41) is 0. The molecule has 2 rings (SSSR count). The summed E-state index contributed by atoms with van der Waals surface area (Å²) in [5.41, 5.74) is 8.27. The minimum absolute atomic E-state index is 0.717. The monoisotopic (exact) mass is 261 g/mol. The van der Waals surface area contributed by atoms with Crippen LogP contribution in [0.4, 0.5) is 5.69 Å². The van der Waals surface area contributed by atoms with E-state index in [1.54, 1.807) is 0 Å². The molecule has 0 bridgehead atoms. The van der Waals surface area contributed by atoms with Crippen molar-refractivity contribution >= 4 is 5.69 Å². The lowest BCUT2D eigenvalue weighted by molar-refractivity contribution is 0.193. The second-order valence-electron chi connectivity index (χ2n) is 5.49. The largest absolute Gasteiger partial charge is 0.369 e. The standard InChI is InChI=1S/C16H27N3/c1-3-14(2)18-10-12-19(13-11-18)16-6-4-15(5-7-16)8-9-17/h4-7,14H,3,8-13,17H2,1-2H3. The molecule has 1 aromatic rings. The predicted octanol–water partition coefficient (Wildman–Crippen LogP) is 2.11. The van der Waals surface area contributed by atoms with Gasteiger partial charge in [0.2, 0.25) is 0 Å². The van der Waals surface area contributed by atoms with Gasteiger partial charge in [0, 0.05) is 37.9 Å². The van der Waals surface area contributed by atoms with Crippen molar-refractivity contribution < 1.29 is 0 Å². The zero-order chi connectivity index (χ0) is 13.7. The molecule has 0 aliphatic carbocycles. The summed E-state index contributed by atoms with van der Waals surface area (Å²) in [7, 11) is 0. The number of piperazine rings is 1. The first-order valence-electron chi connectivity index (χ1n) is 7.52. The Labute approximate surface area is 117 Å². The van der Waals surface area contributed by atoms with E-state index in [0.717, 1.165) is 26.1 Å². The number of rotatable bonds is 5. The molecule has 3 nitrogen and oxygen atoms in total. The van der Waals surface area contributed by atoms with Gasteiger partial charge in [-0.3, -0.25) is 4.90 Å². The van der Waals surface area contributed by atoms with Crippen LogP contribution in [0.3, 0.4) is 0 Å². The second-order valence-corrected chi connectivity index (χ2v) is 5.49. The van der Waals surface area contributed by atoms with E-state index in [1.165, 1.54) is 30.8 Å². The zero-order valence-electron chi connectivity index (χ0n) is 12.3. The minimum atomic E-state index is 0.717. The predicted molar refractivity (Wildman–Crippen MR) is 82.7 cm³/mol. The molecule has 0 amide bonds. The van der Waals surface area contributed by atoms with Crippen LogP contribution in [0.25, 0.3) is 0 Å². The first kappa shape index (κ1) is 14.4. The van der Waals surface area contributed by atoms with E-state index in [2.05, 4.69) is 47.9 Å². The van der Waals surface area contributed by atoms with Gasteiger partial charge >= 0.3 is 0 Å². The summed E-state index contributed by atoms with van der Waals surface area (Å²) in [4.78, 5) is 5.09. The lowest BCUT2D eigenvalue weighted by Crippen LogP contribution is -2.49. The highest BCUT2D eigenvalue weighted by Gasteiger charge is 2.19. The maximum atomic E-state index is 5.58. The molecule has 1 saturated heterocycles. The van der Waals surface area contributed by atoms with E-state index in [0.29, 0.717) is 6.04 Å². The quantitative estimate of drug-likeness (QED) is 0.881. The molecule has 1 atom stereocenters.